The highest BCUT2D eigenvalue weighted by Gasteiger charge is 2.03. The number of nitrogens with zero attached hydrogens (tertiary/aromatic N) is 1. The van der Waals surface area contributed by atoms with Gasteiger partial charge >= 0.3 is 0 Å². The van der Waals surface area contributed by atoms with Crippen molar-refractivity contribution in [2.75, 3.05) is 23.9 Å². The van der Waals surface area contributed by atoms with E-state index in [2.05, 4.69) is 11.4 Å². The van der Waals surface area contributed by atoms with Crippen molar-refractivity contribution in [2.24, 2.45) is 0 Å². The van der Waals surface area contributed by atoms with E-state index < -0.39 is 9.84 Å². The van der Waals surface area contributed by atoms with Crippen LogP contribution in [0.4, 0.5) is 5.69 Å². The minimum Gasteiger partial charge on any atom is -0.384 e. The Balaban J connectivity index is 2.58. The van der Waals surface area contributed by atoms with Crippen LogP contribution < -0.4 is 5.32 Å². The molecule has 0 amide bonds. The van der Waals surface area contributed by atoms with Crippen LogP contribution in [0.15, 0.2) is 18.2 Å². The number of rotatable bonds is 5. The molecular weight excluding hydrogens is 236 g/mol. The molecule has 5 heteroatoms. The van der Waals surface area contributed by atoms with Gasteiger partial charge in [0.2, 0.25) is 0 Å². The monoisotopic (exact) mass is 252 g/mol. The summed E-state index contributed by atoms with van der Waals surface area (Å²) in [7, 11) is -2.91. The maximum atomic E-state index is 10.9. The first kappa shape index (κ1) is 13.5. The van der Waals surface area contributed by atoms with Crippen molar-refractivity contribution in [3.63, 3.8) is 0 Å². The second kappa shape index (κ2) is 5.69. The second-order valence-electron chi connectivity index (χ2n) is 4.07. The van der Waals surface area contributed by atoms with E-state index in [1.807, 2.05) is 19.1 Å². The molecule has 0 spiro atoms. The number of nitrogens with one attached hydrogen (secondary N) is 1. The fourth-order valence-electron chi connectivity index (χ4n) is 1.46. The molecule has 0 radical (unpaired) electrons. The Morgan fingerprint density at radius 2 is 2.12 bits per heavy atom. The van der Waals surface area contributed by atoms with E-state index in [4.69, 9.17) is 5.26 Å². The lowest BCUT2D eigenvalue weighted by molar-refractivity contribution is 0.600. The molecule has 0 unspecified atom stereocenters. The lowest BCUT2D eigenvalue weighted by atomic mass is 10.1. The van der Waals surface area contributed by atoms with Crippen molar-refractivity contribution in [3.05, 3.63) is 29.3 Å². The molecule has 1 aromatic rings. The molecule has 1 rings (SSSR count). The van der Waals surface area contributed by atoms with Gasteiger partial charge in [0.15, 0.2) is 0 Å². The largest absolute Gasteiger partial charge is 0.384 e. The van der Waals surface area contributed by atoms with E-state index >= 15 is 0 Å². The van der Waals surface area contributed by atoms with Gasteiger partial charge in [0, 0.05) is 12.8 Å². The molecule has 4 nitrogen and oxygen atoms in total. The van der Waals surface area contributed by atoms with Gasteiger partial charge in [-0.05, 0) is 31.0 Å². The third-order valence-corrected chi connectivity index (χ3v) is 3.33. The number of aryl methyl sites for hydroxylation is 1. The van der Waals surface area contributed by atoms with Crippen molar-refractivity contribution >= 4 is 15.5 Å². The van der Waals surface area contributed by atoms with Crippen molar-refractivity contribution in [1.82, 2.24) is 0 Å². The first-order valence-electron chi connectivity index (χ1n) is 5.35. The number of sulfone groups is 1. The maximum absolute atomic E-state index is 10.9. The molecule has 0 aliphatic heterocycles. The fourth-order valence-corrected chi connectivity index (χ4v) is 2.13. The average Bonchev–Trinajstić information content (AvgIpc) is 2.23. The summed E-state index contributed by atoms with van der Waals surface area (Å²) in [5, 5.41) is 12.0. The molecule has 0 saturated carbocycles. The molecule has 0 atom stereocenters. The van der Waals surface area contributed by atoms with Crippen LogP contribution in [-0.4, -0.2) is 27.0 Å². The number of hydrogen-bond donors (Lipinski definition) is 1. The highest BCUT2D eigenvalue weighted by molar-refractivity contribution is 7.90. The normalized spacial score (nSPS) is 10.9. The Bertz CT molecular complexity index is 530. The van der Waals surface area contributed by atoms with Crippen molar-refractivity contribution in [3.8, 4) is 6.07 Å². The second-order valence-corrected chi connectivity index (χ2v) is 6.33. The summed E-state index contributed by atoms with van der Waals surface area (Å²) < 4.78 is 21.9. The molecule has 0 bridgehead atoms. The Morgan fingerprint density at radius 1 is 1.41 bits per heavy atom. The molecular formula is C12H16N2O2S. The standard InChI is InChI=1S/C12H16N2O2S/c1-10-4-5-11(9-13)12(8-10)14-6-3-7-17(2,15)16/h4-5,8,14H,3,6-7H2,1-2H3. The average molecular weight is 252 g/mol. The van der Waals surface area contributed by atoms with Gasteiger partial charge in [0.1, 0.15) is 15.9 Å². The van der Waals surface area contributed by atoms with Crippen LogP contribution >= 0.6 is 0 Å². The molecule has 0 aliphatic rings. The smallest absolute Gasteiger partial charge is 0.147 e. The van der Waals surface area contributed by atoms with Crippen LogP contribution in [0.3, 0.4) is 0 Å². The third-order valence-electron chi connectivity index (χ3n) is 2.30. The lowest BCUT2D eigenvalue weighted by Gasteiger charge is -2.08. The Morgan fingerprint density at radius 3 is 2.71 bits per heavy atom. The molecule has 0 saturated heterocycles. The predicted octanol–water partition coefficient (Wildman–Crippen LogP) is 1.71. The zero-order valence-corrected chi connectivity index (χ0v) is 10.8. The van der Waals surface area contributed by atoms with Gasteiger partial charge in [-0.1, -0.05) is 6.07 Å². The molecule has 0 fully saturated rings. The predicted molar refractivity (Wildman–Crippen MR) is 68.7 cm³/mol. The summed E-state index contributed by atoms with van der Waals surface area (Å²) in [4.78, 5) is 0. The molecule has 0 heterocycles. The third kappa shape index (κ3) is 4.87. The molecule has 1 N–H and O–H groups in total. The molecule has 0 aliphatic carbocycles. The summed E-state index contributed by atoms with van der Waals surface area (Å²) >= 11 is 0. The minimum absolute atomic E-state index is 0.160. The summed E-state index contributed by atoms with van der Waals surface area (Å²) in [6, 6.07) is 7.62. The van der Waals surface area contributed by atoms with E-state index in [0.717, 1.165) is 11.3 Å². The van der Waals surface area contributed by atoms with E-state index in [9.17, 15) is 8.42 Å². The van der Waals surface area contributed by atoms with Crippen LogP contribution in [0, 0.1) is 18.3 Å². The van der Waals surface area contributed by atoms with Crippen LogP contribution in [0.2, 0.25) is 0 Å². The van der Waals surface area contributed by atoms with Gasteiger partial charge < -0.3 is 5.32 Å². The van der Waals surface area contributed by atoms with Crippen LogP contribution in [0.1, 0.15) is 17.5 Å². The quantitative estimate of drug-likeness (QED) is 0.810. The Kier molecular flexibility index (Phi) is 4.53. The van der Waals surface area contributed by atoms with Gasteiger partial charge in [-0.2, -0.15) is 5.26 Å². The molecule has 1 aromatic carbocycles. The zero-order chi connectivity index (χ0) is 12.9. The minimum atomic E-state index is -2.91. The van der Waals surface area contributed by atoms with Crippen molar-refractivity contribution in [1.29, 1.82) is 5.26 Å². The highest BCUT2D eigenvalue weighted by Crippen LogP contribution is 2.16. The van der Waals surface area contributed by atoms with E-state index in [1.165, 1.54) is 6.26 Å². The zero-order valence-electron chi connectivity index (χ0n) is 10.0. The van der Waals surface area contributed by atoms with E-state index in [-0.39, 0.29) is 5.75 Å². The van der Waals surface area contributed by atoms with Crippen molar-refractivity contribution in [2.45, 2.75) is 13.3 Å². The number of nitriles is 1. The fraction of sp³-hybridized carbons (Fsp3) is 0.417. The van der Waals surface area contributed by atoms with Gasteiger partial charge in [0.05, 0.1) is 17.0 Å². The summed E-state index contributed by atoms with van der Waals surface area (Å²) in [5.41, 5.74) is 2.41. The number of anilines is 1. The van der Waals surface area contributed by atoms with Gasteiger partial charge in [-0.25, -0.2) is 8.42 Å². The highest BCUT2D eigenvalue weighted by atomic mass is 32.2. The van der Waals surface area contributed by atoms with Crippen LogP contribution in [0.25, 0.3) is 0 Å². The first-order chi connectivity index (χ1) is 7.92. The van der Waals surface area contributed by atoms with Crippen molar-refractivity contribution < 1.29 is 8.42 Å². The van der Waals surface area contributed by atoms with Gasteiger partial charge in [-0.3, -0.25) is 0 Å². The van der Waals surface area contributed by atoms with Crippen LogP contribution in [0.5, 0.6) is 0 Å². The SMILES string of the molecule is Cc1ccc(C#N)c(NCCCS(C)(=O)=O)c1. The molecule has 92 valence electrons. The topological polar surface area (TPSA) is 70.0 Å². The maximum Gasteiger partial charge on any atom is 0.147 e. The number of benzene rings is 1. The summed E-state index contributed by atoms with van der Waals surface area (Å²) in [6.45, 7) is 2.49. The lowest BCUT2D eigenvalue weighted by Crippen LogP contribution is -2.10. The first-order valence-corrected chi connectivity index (χ1v) is 7.41. The molecule has 17 heavy (non-hydrogen) atoms. The van der Waals surface area contributed by atoms with Crippen LogP contribution in [-0.2, 0) is 9.84 Å². The number of hydrogen-bond acceptors (Lipinski definition) is 4. The van der Waals surface area contributed by atoms with Gasteiger partial charge in [-0.15, -0.1) is 0 Å². The van der Waals surface area contributed by atoms with Gasteiger partial charge in [0.25, 0.3) is 0 Å². The van der Waals surface area contributed by atoms with E-state index in [1.54, 1.807) is 6.07 Å². The molecule has 0 aromatic heterocycles. The summed E-state index contributed by atoms with van der Waals surface area (Å²) in [5.74, 6) is 0.160. The Labute approximate surface area is 102 Å². The van der Waals surface area contributed by atoms with E-state index in [0.29, 0.717) is 18.5 Å². The Hall–Kier alpha value is -1.54. The summed E-state index contributed by atoms with van der Waals surface area (Å²) in [6.07, 6.45) is 1.76.